The zero-order valence-corrected chi connectivity index (χ0v) is 13.8. The van der Waals surface area contributed by atoms with Gasteiger partial charge in [0, 0.05) is 19.0 Å². The summed E-state index contributed by atoms with van der Waals surface area (Å²) in [6, 6.07) is 0. The molecule has 0 bridgehead atoms. The van der Waals surface area contributed by atoms with Crippen molar-refractivity contribution in [2.75, 3.05) is 32.8 Å². The number of nitrogens with one attached hydrogen (secondary N) is 1. The van der Waals surface area contributed by atoms with Crippen LogP contribution in [0.2, 0.25) is 0 Å². The summed E-state index contributed by atoms with van der Waals surface area (Å²) in [6.07, 6.45) is 9.46. The average molecular weight is 317 g/mol. The summed E-state index contributed by atoms with van der Waals surface area (Å²) in [4.78, 5) is 14.8. The molecule has 0 aromatic rings. The van der Waals surface area contributed by atoms with E-state index in [0.29, 0.717) is 5.91 Å². The predicted molar refractivity (Wildman–Crippen MR) is 85.8 cm³/mol. The minimum absolute atomic E-state index is 0. The van der Waals surface area contributed by atoms with E-state index in [1.807, 2.05) is 0 Å². The largest absolute Gasteiger partial charge is 0.371 e. The Morgan fingerprint density at radius 3 is 2.43 bits per heavy atom. The molecule has 2 aliphatic heterocycles. The zero-order chi connectivity index (χ0) is 13.8. The fraction of sp³-hybridized carbons (Fsp3) is 0.938. The van der Waals surface area contributed by atoms with Crippen molar-refractivity contribution in [2.45, 2.75) is 57.0 Å². The van der Waals surface area contributed by atoms with Gasteiger partial charge in [0.1, 0.15) is 0 Å². The molecule has 1 spiro atoms. The molecule has 1 saturated carbocycles. The lowest BCUT2D eigenvalue weighted by atomic mass is 9.90. The molecule has 0 aromatic carbocycles. The summed E-state index contributed by atoms with van der Waals surface area (Å²) in [5.41, 5.74) is -0.0165. The Hall–Kier alpha value is -0.320. The van der Waals surface area contributed by atoms with Crippen molar-refractivity contribution in [3.05, 3.63) is 0 Å². The molecule has 3 fully saturated rings. The molecule has 122 valence electrons. The third kappa shape index (κ3) is 4.11. The van der Waals surface area contributed by atoms with E-state index < -0.39 is 0 Å². The second-order valence-corrected chi connectivity index (χ2v) is 6.73. The summed E-state index contributed by atoms with van der Waals surface area (Å²) in [5.74, 6) is 0.635. The van der Waals surface area contributed by atoms with E-state index in [1.54, 1.807) is 0 Å². The summed E-state index contributed by atoms with van der Waals surface area (Å²) in [6.45, 7) is 4.36. The SMILES string of the molecule is Cl.O=C(C1CCNCC1)N1CCOC2(CCCCCC2)C1. The maximum atomic E-state index is 12.7. The number of morpholine rings is 1. The van der Waals surface area contributed by atoms with E-state index in [0.717, 1.165) is 58.5 Å². The monoisotopic (exact) mass is 316 g/mol. The molecule has 2 heterocycles. The van der Waals surface area contributed by atoms with E-state index in [9.17, 15) is 4.79 Å². The lowest BCUT2D eigenvalue weighted by molar-refractivity contribution is -0.157. The van der Waals surface area contributed by atoms with Crippen LogP contribution in [0.25, 0.3) is 0 Å². The van der Waals surface area contributed by atoms with Crippen molar-refractivity contribution in [3.63, 3.8) is 0 Å². The van der Waals surface area contributed by atoms with E-state index >= 15 is 0 Å². The molecule has 2 saturated heterocycles. The smallest absolute Gasteiger partial charge is 0.225 e. The van der Waals surface area contributed by atoms with Crippen LogP contribution in [0, 0.1) is 5.92 Å². The number of rotatable bonds is 1. The Labute approximate surface area is 134 Å². The normalized spacial score (nSPS) is 27.0. The van der Waals surface area contributed by atoms with Crippen molar-refractivity contribution in [3.8, 4) is 0 Å². The first-order chi connectivity index (χ1) is 9.79. The lowest BCUT2D eigenvalue weighted by Gasteiger charge is -2.44. The highest BCUT2D eigenvalue weighted by atomic mass is 35.5. The third-order valence-electron chi connectivity index (χ3n) is 5.26. The number of ether oxygens (including phenoxy) is 1. The zero-order valence-electron chi connectivity index (χ0n) is 12.9. The maximum Gasteiger partial charge on any atom is 0.225 e. The van der Waals surface area contributed by atoms with Gasteiger partial charge in [0.2, 0.25) is 5.91 Å². The Morgan fingerprint density at radius 1 is 1.10 bits per heavy atom. The Kier molecular flexibility index (Phi) is 6.33. The molecule has 0 radical (unpaired) electrons. The quantitative estimate of drug-likeness (QED) is 0.807. The number of hydrogen-bond donors (Lipinski definition) is 1. The van der Waals surface area contributed by atoms with Gasteiger partial charge in [0.15, 0.2) is 0 Å². The molecule has 4 nitrogen and oxygen atoms in total. The first-order valence-electron chi connectivity index (χ1n) is 8.43. The van der Waals surface area contributed by atoms with Crippen molar-refractivity contribution < 1.29 is 9.53 Å². The van der Waals surface area contributed by atoms with E-state index in [2.05, 4.69) is 10.2 Å². The van der Waals surface area contributed by atoms with Crippen LogP contribution in [0.5, 0.6) is 0 Å². The van der Waals surface area contributed by atoms with Crippen LogP contribution in [0.1, 0.15) is 51.4 Å². The van der Waals surface area contributed by atoms with Gasteiger partial charge in [-0.15, -0.1) is 12.4 Å². The molecule has 3 rings (SSSR count). The number of nitrogens with zero attached hydrogens (tertiary/aromatic N) is 1. The summed E-state index contributed by atoms with van der Waals surface area (Å²) in [5, 5.41) is 3.34. The molecule has 0 unspecified atom stereocenters. The van der Waals surface area contributed by atoms with Crippen LogP contribution in [-0.4, -0.2) is 49.2 Å². The minimum atomic E-state index is -0.0165. The molecular formula is C16H29ClN2O2. The summed E-state index contributed by atoms with van der Waals surface area (Å²) >= 11 is 0. The molecule has 1 N–H and O–H groups in total. The number of carbonyl (C=O) groups excluding carboxylic acids is 1. The number of piperidine rings is 1. The number of halogens is 1. The Balaban J connectivity index is 0.00000161. The predicted octanol–water partition coefficient (Wildman–Crippen LogP) is 2.36. The van der Waals surface area contributed by atoms with Gasteiger partial charge in [0.25, 0.3) is 0 Å². The molecule has 1 amide bonds. The molecule has 5 heteroatoms. The summed E-state index contributed by atoms with van der Waals surface area (Å²) in [7, 11) is 0. The first-order valence-corrected chi connectivity index (χ1v) is 8.43. The van der Waals surface area contributed by atoms with Crippen molar-refractivity contribution in [1.29, 1.82) is 0 Å². The standard InChI is InChI=1S/C16H28N2O2.ClH/c19-15(14-5-9-17-10-6-14)18-11-12-20-16(13-18)7-3-1-2-4-8-16;/h14,17H,1-13H2;1H. The fourth-order valence-electron chi connectivity index (χ4n) is 4.04. The van der Waals surface area contributed by atoms with Crippen molar-refractivity contribution >= 4 is 18.3 Å². The number of hydrogen-bond acceptors (Lipinski definition) is 3. The number of amides is 1. The maximum absolute atomic E-state index is 12.7. The topological polar surface area (TPSA) is 41.6 Å². The van der Waals surface area contributed by atoms with Crippen LogP contribution in [0.4, 0.5) is 0 Å². The van der Waals surface area contributed by atoms with E-state index in [1.165, 1.54) is 25.7 Å². The molecule has 0 atom stereocenters. The third-order valence-corrected chi connectivity index (χ3v) is 5.26. The highest BCUT2D eigenvalue weighted by Crippen LogP contribution is 2.34. The van der Waals surface area contributed by atoms with Crippen LogP contribution < -0.4 is 5.32 Å². The highest BCUT2D eigenvalue weighted by Gasteiger charge is 2.39. The molecular weight excluding hydrogens is 288 g/mol. The number of carbonyl (C=O) groups is 1. The summed E-state index contributed by atoms with van der Waals surface area (Å²) < 4.78 is 6.15. The van der Waals surface area contributed by atoms with E-state index in [4.69, 9.17) is 4.74 Å². The molecule has 0 aromatic heterocycles. The average Bonchev–Trinajstić information content (AvgIpc) is 2.73. The van der Waals surface area contributed by atoms with E-state index in [-0.39, 0.29) is 23.9 Å². The van der Waals surface area contributed by atoms with Gasteiger partial charge in [-0.2, -0.15) is 0 Å². The Bertz CT molecular complexity index is 337. The van der Waals surface area contributed by atoms with Crippen LogP contribution >= 0.6 is 12.4 Å². The van der Waals surface area contributed by atoms with Gasteiger partial charge in [-0.3, -0.25) is 4.79 Å². The van der Waals surface area contributed by atoms with Gasteiger partial charge in [0.05, 0.1) is 12.2 Å². The second-order valence-electron chi connectivity index (χ2n) is 6.73. The van der Waals surface area contributed by atoms with Crippen molar-refractivity contribution in [1.82, 2.24) is 10.2 Å². The van der Waals surface area contributed by atoms with Gasteiger partial charge < -0.3 is 15.0 Å². The van der Waals surface area contributed by atoms with Gasteiger partial charge in [-0.25, -0.2) is 0 Å². The molecule has 21 heavy (non-hydrogen) atoms. The second kappa shape index (κ2) is 7.80. The Morgan fingerprint density at radius 2 is 1.76 bits per heavy atom. The van der Waals surface area contributed by atoms with Gasteiger partial charge in [-0.1, -0.05) is 25.7 Å². The van der Waals surface area contributed by atoms with Crippen molar-refractivity contribution in [2.24, 2.45) is 5.92 Å². The minimum Gasteiger partial charge on any atom is -0.371 e. The van der Waals surface area contributed by atoms with Gasteiger partial charge in [-0.05, 0) is 38.8 Å². The fourth-order valence-corrected chi connectivity index (χ4v) is 4.04. The highest BCUT2D eigenvalue weighted by molar-refractivity contribution is 5.85. The molecule has 3 aliphatic rings. The van der Waals surface area contributed by atoms with Crippen LogP contribution in [-0.2, 0) is 9.53 Å². The lowest BCUT2D eigenvalue weighted by Crippen LogP contribution is -2.55. The van der Waals surface area contributed by atoms with Crippen LogP contribution in [0.15, 0.2) is 0 Å². The first kappa shape index (κ1) is 17.0. The molecule has 1 aliphatic carbocycles. The van der Waals surface area contributed by atoms with Crippen LogP contribution in [0.3, 0.4) is 0 Å². The van der Waals surface area contributed by atoms with Gasteiger partial charge >= 0.3 is 0 Å².